The highest BCUT2D eigenvalue weighted by molar-refractivity contribution is 4.86. The molecule has 3 heteroatoms. The average molecular weight is 188 g/mol. The van der Waals surface area contributed by atoms with Gasteiger partial charge in [-0.25, -0.2) is 0 Å². The van der Waals surface area contributed by atoms with Crippen LogP contribution in [0.5, 0.6) is 0 Å². The predicted octanol–water partition coefficient (Wildman–Crippen LogP) is 0.213. The summed E-state index contributed by atoms with van der Waals surface area (Å²) >= 11 is 0. The fraction of sp³-hybridized carbons (Fsp3) is 1.00. The molecular formula is C10H22NO2+. The summed E-state index contributed by atoms with van der Waals surface area (Å²) in [6.07, 6.45) is 1.02. The van der Waals surface area contributed by atoms with Gasteiger partial charge in [-0.05, 0) is 18.8 Å². The second-order valence-electron chi connectivity index (χ2n) is 5.22. The standard InChI is InChI=1S/C10H22NO2/c1-7-5-6-8(12)9(10(7)13)11(2,3)4/h7-10,12-13H,5-6H2,1-4H3/q+1/t7?,8?,9?,10-/m1/s1. The van der Waals surface area contributed by atoms with E-state index in [4.69, 9.17) is 0 Å². The van der Waals surface area contributed by atoms with Crippen LogP contribution in [0, 0.1) is 5.92 Å². The van der Waals surface area contributed by atoms with Gasteiger partial charge in [0.1, 0.15) is 18.2 Å². The van der Waals surface area contributed by atoms with Crippen LogP contribution in [0.15, 0.2) is 0 Å². The van der Waals surface area contributed by atoms with Crippen LogP contribution in [0.1, 0.15) is 19.8 Å². The molecule has 2 N–H and O–H groups in total. The lowest BCUT2D eigenvalue weighted by atomic mass is 9.81. The lowest BCUT2D eigenvalue weighted by Crippen LogP contribution is -2.61. The van der Waals surface area contributed by atoms with E-state index in [9.17, 15) is 10.2 Å². The molecule has 0 bridgehead atoms. The van der Waals surface area contributed by atoms with Gasteiger partial charge in [0.25, 0.3) is 0 Å². The van der Waals surface area contributed by atoms with Gasteiger partial charge in [-0.1, -0.05) is 6.92 Å². The fourth-order valence-electron chi connectivity index (χ4n) is 2.31. The Morgan fingerprint density at radius 3 is 2.00 bits per heavy atom. The largest absolute Gasteiger partial charge is 0.387 e. The number of likely N-dealkylation sites (N-methyl/N-ethyl adjacent to an activating group) is 1. The van der Waals surface area contributed by atoms with Crippen molar-refractivity contribution >= 4 is 0 Å². The van der Waals surface area contributed by atoms with Crippen LogP contribution in [0.3, 0.4) is 0 Å². The minimum Gasteiger partial charge on any atom is -0.387 e. The maximum Gasteiger partial charge on any atom is 0.141 e. The molecule has 1 aliphatic rings. The zero-order valence-corrected chi connectivity index (χ0v) is 9.07. The molecular weight excluding hydrogens is 166 g/mol. The normalized spacial score (nSPS) is 42.0. The maximum atomic E-state index is 9.97. The minimum absolute atomic E-state index is 0.0382. The zero-order valence-electron chi connectivity index (χ0n) is 9.07. The molecule has 0 aromatic rings. The van der Waals surface area contributed by atoms with Gasteiger partial charge < -0.3 is 14.7 Å². The third-order valence-corrected chi connectivity index (χ3v) is 3.14. The van der Waals surface area contributed by atoms with Crippen molar-refractivity contribution in [3.8, 4) is 0 Å². The number of hydrogen-bond donors (Lipinski definition) is 2. The SMILES string of the molecule is CC1CCC(O)C([N+](C)(C)C)[C@@H]1O. The van der Waals surface area contributed by atoms with Crippen LogP contribution in [0.2, 0.25) is 0 Å². The summed E-state index contributed by atoms with van der Waals surface area (Å²) < 4.78 is 0.632. The average Bonchev–Trinajstić information content (AvgIpc) is 1.95. The van der Waals surface area contributed by atoms with Crippen molar-refractivity contribution in [3.63, 3.8) is 0 Å². The lowest BCUT2D eigenvalue weighted by Gasteiger charge is -2.44. The van der Waals surface area contributed by atoms with E-state index in [1.165, 1.54) is 0 Å². The topological polar surface area (TPSA) is 40.5 Å². The molecule has 1 saturated carbocycles. The summed E-state index contributed by atoms with van der Waals surface area (Å²) in [4.78, 5) is 0. The van der Waals surface area contributed by atoms with Gasteiger partial charge in [-0.2, -0.15) is 0 Å². The van der Waals surface area contributed by atoms with Crippen LogP contribution in [0.25, 0.3) is 0 Å². The highest BCUT2D eigenvalue weighted by Gasteiger charge is 2.43. The third-order valence-electron chi connectivity index (χ3n) is 3.14. The molecule has 3 nitrogen and oxygen atoms in total. The highest BCUT2D eigenvalue weighted by Crippen LogP contribution is 2.29. The summed E-state index contributed by atoms with van der Waals surface area (Å²) in [5.74, 6) is 0.311. The quantitative estimate of drug-likeness (QED) is 0.578. The Labute approximate surface area is 80.6 Å². The Morgan fingerprint density at radius 1 is 1.08 bits per heavy atom. The molecule has 0 heterocycles. The molecule has 3 unspecified atom stereocenters. The predicted molar refractivity (Wildman–Crippen MR) is 52.2 cm³/mol. The summed E-state index contributed by atoms with van der Waals surface area (Å²) in [5, 5.41) is 19.8. The number of quaternary nitrogens is 1. The van der Waals surface area contributed by atoms with Gasteiger partial charge in [0.15, 0.2) is 0 Å². The number of hydrogen-bond acceptors (Lipinski definition) is 2. The molecule has 0 spiro atoms. The Hall–Kier alpha value is -0.120. The van der Waals surface area contributed by atoms with E-state index in [2.05, 4.69) is 6.92 Å². The molecule has 0 radical (unpaired) electrons. The first kappa shape index (κ1) is 11.0. The van der Waals surface area contributed by atoms with Gasteiger partial charge in [-0.3, -0.25) is 0 Å². The Bertz CT molecular complexity index is 176. The van der Waals surface area contributed by atoms with E-state index >= 15 is 0 Å². The smallest absolute Gasteiger partial charge is 0.141 e. The Kier molecular flexibility index (Phi) is 3.00. The maximum absolute atomic E-state index is 9.97. The first-order valence-electron chi connectivity index (χ1n) is 5.01. The van der Waals surface area contributed by atoms with E-state index in [1.807, 2.05) is 21.1 Å². The second-order valence-corrected chi connectivity index (χ2v) is 5.22. The van der Waals surface area contributed by atoms with Crippen LogP contribution in [-0.2, 0) is 0 Å². The molecule has 4 atom stereocenters. The van der Waals surface area contributed by atoms with Crippen molar-refractivity contribution in [2.75, 3.05) is 21.1 Å². The van der Waals surface area contributed by atoms with Crippen LogP contribution >= 0.6 is 0 Å². The zero-order chi connectivity index (χ0) is 10.2. The molecule has 0 aromatic heterocycles. The highest BCUT2D eigenvalue weighted by atomic mass is 16.3. The van der Waals surface area contributed by atoms with Gasteiger partial charge in [-0.15, -0.1) is 0 Å². The van der Waals surface area contributed by atoms with E-state index in [-0.39, 0.29) is 18.2 Å². The molecule has 0 aliphatic heterocycles. The molecule has 13 heavy (non-hydrogen) atoms. The molecule has 1 fully saturated rings. The fourth-order valence-corrected chi connectivity index (χ4v) is 2.31. The van der Waals surface area contributed by atoms with E-state index in [1.54, 1.807) is 0 Å². The number of aliphatic hydroxyl groups excluding tert-OH is 2. The van der Waals surface area contributed by atoms with E-state index in [0.29, 0.717) is 10.4 Å². The molecule has 1 rings (SSSR count). The van der Waals surface area contributed by atoms with Crippen molar-refractivity contribution in [2.45, 2.75) is 38.0 Å². The molecule has 1 aliphatic carbocycles. The summed E-state index contributed by atoms with van der Waals surface area (Å²) in [7, 11) is 6.07. The van der Waals surface area contributed by atoms with Crippen molar-refractivity contribution in [3.05, 3.63) is 0 Å². The summed E-state index contributed by atoms with van der Waals surface area (Å²) in [5.41, 5.74) is 0. The molecule has 0 aromatic carbocycles. The second kappa shape index (κ2) is 3.56. The van der Waals surface area contributed by atoms with Crippen molar-refractivity contribution in [1.82, 2.24) is 0 Å². The Morgan fingerprint density at radius 2 is 1.62 bits per heavy atom. The van der Waals surface area contributed by atoms with E-state index in [0.717, 1.165) is 12.8 Å². The van der Waals surface area contributed by atoms with Crippen molar-refractivity contribution in [2.24, 2.45) is 5.92 Å². The van der Waals surface area contributed by atoms with E-state index < -0.39 is 0 Å². The first-order chi connectivity index (χ1) is 5.84. The van der Waals surface area contributed by atoms with Crippen molar-refractivity contribution in [1.29, 1.82) is 0 Å². The summed E-state index contributed by atoms with van der Waals surface area (Å²) in [6, 6.07) is -0.0382. The first-order valence-corrected chi connectivity index (χ1v) is 5.01. The van der Waals surface area contributed by atoms with Crippen molar-refractivity contribution < 1.29 is 14.7 Å². The molecule has 0 saturated heterocycles. The number of rotatable bonds is 1. The van der Waals surface area contributed by atoms with Gasteiger partial charge >= 0.3 is 0 Å². The van der Waals surface area contributed by atoms with Gasteiger partial charge in [0, 0.05) is 0 Å². The monoisotopic (exact) mass is 188 g/mol. The lowest BCUT2D eigenvalue weighted by molar-refractivity contribution is -0.905. The van der Waals surface area contributed by atoms with Crippen LogP contribution in [0.4, 0.5) is 0 Å². The molecule has 0 amide bonds. The number of aliphatic hydroxyl groups is 2. The molecule has 78 valence electrons. The number of nitrogens with zero attached hydrogens (tertiary/aromatic N) is 1. The Balaban J connectivity index is 2.78. The van der Waals surface area contributed by atoms with Crippen LogP contribution in [-0.4, -0.2) is 54.1 Å². The third kappa shape index (κ3) is 2.22. The minimum atomic E-state index is -0.372. The van der Waals surface area contributed by atoms with Crippen LogP contribution < -0.4 is 0 Å². The van der Waals surface area contributed by atoms with Gasteiger partial charge in [0.05, 0.1) is 21.1 Å². The van der Waals surface area contributed by atoms with Gasteiger partial charge in [0.2, 0.25) is 0 Å². The summed E-state index contributed by atoms with van der Waals surface area (Å²) in [6.45, 7) is 2.05.